The van der Waals surface area contributed by atoms with Gasteiger partial charge in [-0.05, 0) is 37.0 Å². The molecule has 2 fully saturated rings. The molecular weight excluding hydrogens is 260 g/mol. The van der Waals surface area contributed by atoms with Crippen LogP contribution in [0.1, 0.15) is 37.7 Å². The van der Waals surface area contributed by atoms with Crippen molar-refractivity contribution in [3.05, 3.63) is 35.4 Å². The van der Waals surface area contributed by atoms with E-state index in [1.165, 1.54) is 18.6 Å². The second-order valence-electron chi connectivity index (χ2n) is 5.95. The number of benzene rings is 1. The highest BCUT2D eigenvalue weighted by Crippen LogP contribution is 2.32. The van der Waals surface area contributed by atoms with E-state index in [4.69, 9.17) is 0 Å². The minimum atomic E-state index is -0.519. The number of carbonyl (C=O) groups is 1. The predicted octanol–water partition coefficient (Wildman–Crippen LogP) is 3.09. The largest absolute Gasteiger partial charge is 0.300 e. The number of nitrogens with zero attached hydrogens (tertiary/aromatic N) is 1. The maximum atomic E-state index is 13.2. The van der Waals surface area contributed by atoms with Crippen molar-refractivity contribution in [1.82, 2.24) is 4.90 Å². The Labute approximate surface area is 117 Å². The van der Waals surface area contributed by atoms with Gasteiger partial charge in [0.15, 0.2) is 0 Å². The van der Waals surface area contributed by atoms with E-state index in [0.29, 0.717) is 42.7 Å². The first-order chi connectivity index (χ1) is 9.61. The Morgan fingerprint density at radius 3 is 2.25 bits per heavy atom. The predicted molar refractivity (Wildman–Crippen MR) is 72.4 cm³/mol. The lowest BCUT2D eigenvalue weighted by Gasteiger charge is -2.45. The van der Waals surface area contributed by atoms with Gasteiger partial charge in [-0.1, -0.05) is 6.42 Å². The second kappa shape index (κ2) is 5.60. The Kier molecular flexibility index (Phi) is 3.83. The minimum absolute atomic E-state index is 0.341. The van der Waals surface area contributed by atoms with E-state index < -0.39 is 11.6 Å². The van der Waals surface area contributed by atoms with Gasteiger partial charge in [-0.2, -0.15) is 0 Å². The van der Waals surface area contributed by atoms with Gasteiger partial charge in [0.1, 0.15) is 17.4 Å². The lowest BCUT2D eigenvalue weighted by Crippen LogP contribution is -2.52. The van der Waals surface area contributed by atoms with Crippen LogP contribution in [-0.2, 0) is 11.2 Å². The molecule has 0 saturated carbocycles. The van der Waals surface area contributed by atoms with Gasteiger partial charge in [0.25, 0.3) is 0 Å². The highest BCUT2D eigenvalue weighted by atomic mass is 19.1. The van der Waals surface area contributed by atoms with Crippen LogP contribution in [0.2, 0.25) is 0 Å². The number of halogens is 2. The molecule has 0 spiro atoms. The van der Waals surface area contributed by atoms with E-state index in [0.717, 1.165) is 25.5 Å². The van der Waals surface area contributed by atoms with Crippen molar-refractivity contribution in [3.8, 4) is 0 Å². The SMILES string of the molecule is O=C1CC2CCCC(C1)N2CCc1cc(F)cc(F)c1. The fourth-order valence-corrected chi connectivity index (χ4v) is 3.65. The maximum absolute atomic E-state index is 13.2. The fourth-order valence-electron chi connectivity index (χ4n) is 3.65. The molecule has 2 unspecified atom stereocenters. The number of ketones is 1. The number of fused-ring (bicyclic) bond motifs is 2. The molecule has 108 valence electrons. The maximum Gasteiger partial charge on any atom is 0.136 e. The molecule has 2 aliphatic rings. The van der Waals surface area contributed by atoms with Gasteiger partial charge in [0.05, 0.1) is 0 Å². The zero-order valence-corrected chi connectivity index (χ0v) is 11.4. The molecule has 2 nitrogen and oxygen atoms in total. The molecule has 3 rings (SSSR count). The Morgan fingerprint density at radius 1 is 1.05 bits per heavy atom. The molecule has 4 heteroatoms. The first-order valence-corrected chi connectivity index (χ1v) is 7.34. The van der Waals surface area contributed by atoms with Gasteiger partial charge < -0.3 is 0 Å². The fraction of sp³-hybridized carbons (Fsp3) is 0.562. The third-order valence-corrected chi connectivity index (χ3v) is 4.52. The summed E-state index contributed by atoms with van der Waals surface area (Å²) in [7, 11) is 0. The molecule has 2 bridgehead atoms. The third-order valence-electron chi connectivity index (χ3n) is 4.52. The van der Waals surface area contributed by atoms with Gasteiger partial charge in [0, 0.05) is 37.5 Å². The number of Topliss-reactive ketones (excluding diaryl/α,β-unsaturated/α-hetero) is 1. The molecule has 2 heterocycles. The van der Waals surface area contributed by atoms with E-state index in [1.54, 1.807) is 0 Å². The van der Waals surface area contributed by atoms with E-state index in [-0.39, 0.29) is 0 Å². The average Bonchev–Trinajstić information content (AvgIpc) is 2.35. The molecule has 0 radical (unpaired) electrons. The van der Waals surface area contributed by atoms with E-state index in [1.807, 2.05) is 0 Å². The summed E-state index contributed by atoms with van der Waals surface area (Å²) in [6, 6.07) is 4.38. The highest BCUT2D eigenvalue weighted by molar-refractivity contribution is 5.80. The molecule has 2 aliphatic heterocycles. The van der Waals surface area contributed by atoms with Gasteiger partial charge in [0.2, 0.25) is 0 Å². The highest BCUT2D eigenvalue weighted by Gasteiger charge is 2.36. The van der Waals surface area contributed by atoms with Crippen molar-refractivity contribution in [3.63, 3.8) is 0 Å². The molecular formula is C16H19F2NO. The first kappa shape index (κ1) is 13.7. The van der Waals surface area contributed by atoms with E-state index in [9.17, 15) is 13.6 Å². The normalized spacial score (nSPS) is 26.8. The molecule has 1 aromatic rings. The quantitative estimate of drug-likeness (QED) is 0.847. The van der Waals surface area contributed by atoms with E-state index in [2.05, 4.69) is 4.90 Å². The number of piperidine rings is 2. The Morgan fingerprint density at radius 2 is 1.65 bits per heavy atom. The van der Waals surface area contributed by atoms with Gasteiger partial charge in [-0.3, -0.25) is 9.69 Å². The van der Waals surface area contributed by atoms with Crippen molar-refractivity contribution in [2.75, 3.05) is 6.54 Å². The van der Waals surface area contributed by atoms with E-state index >= 15 is 0 Å². The van der Waals surface area contributed by atoms with Crippen LogP contribution in [0.4, 0.5) is 8.78 Å². The minimum Gasteiger partial charge on any atom is -0.300 e. The van der Waals surface area contributed by atoms with Crippen molar-refractivity contribution in [2.45, 2.75) is 50.6 Å². The Bertz CT molecular complexity index is 481. The van der Waals surface area contributed by atoms with Crippen LogP contribution in [0.15, 0.2) is 18.2 Å². The molecule has 2 saturated heterocycles. The van der Waals surface area contributed by atoms with Crippen LogP contribution in [0, 0.1) is 11.6 Å². The standard InChI is InChI=1S/C16H19F2NO/c17-12-6-11(7-13(18)8-12)4-5-19-14-2-1-3-15(19)10-16(20)9-14/h6-8,14-15H,1-5,9-10H2. The van der Waals surface area contributed by atoms with Crippen LogP contribution in [0.3, 0.4) is 0 Å². The van der Waals surface area contributed by atoms with Crippen molar-refractivity contribution < 1.29 is 13.6 Å². The van der Waals surface area contributed by atoms with Crippen molar-refractivity contribution in [2.24, 2.45) is 0 Å². The first-order valence-electron chi connectivity index (χ1n) is 7.34. The zero-order chi connectivity index (χ0) is 14.1. The monoisotopic (exact) mass is 279 g/mol. The summed E-state index contributed by atoms with van der Waals surface area (Å²) in [6.07, 6.45) is 5.26. The Hall–Kier alpha value is -1.29. The zero-order valence-electron chi connectivity index (χ0n) is 11.4. The van der Waals surface area contributed by atoms with Crippen LogP contribution < -0.4 is 0 Å². The van der Waals surface area contributed by atoms with Crippen LogP contribution in [0.25, 0.3) is 0 Å². The molecule has 1 aromatic carbocycles. The summed E-state index contributed by atoms with van der Waals surface area (Å²) in [6.45, 7) is 0.783. The second-order valence-corrected chi connectivity index (χ2v) is 5.95. The Balaban J connectivity index is 1.67. The topological polar surface area (TPSA) is 20.3 Å². The summed E-state index contributed by atoms with van der Waals surface area (Å²) in [5.41, 5.74) is 0.692. The average molecular weight is 279 g/mol. The number of carbonyl (C=O) groups excluding carboxylic acids is 1. The van der Waals surface area contributed by atoms with Crippen LogP contribution in [-0.4, -0.2) is 29.3 Å². The summed E-state index contributed by atoms with van der Waals surface area (Å²) >= 11 is 0. The molecule has 0 aromatic heterocycles. The lowest BCUT2D eigenvalue weighted by molar-refractivity contribution is -0.127. The molecule has 2 atom stereocenters. The molecule has 0 N–H and O–H groups in total. The third kappa shape index (κ3) is 2.90. The van der Waals surface area contributed by atoms with Crippen LogP contribution >= 0.6 is 0 Å². The van der Waals surface area contributed by atoms with Crippen molar-refractivity contribution >= 4 is 5.78 Å². The van der Waals surface area contributed by atoms with Crippen LogP contribution in [0.5, 0.6) is 0 Å². The van der Waals surface area contributed by atoms with Gasteiger partial charge in [-0.15, -0.1) is 0 Å². The number of rotatable bonds is 3. The number of hydrogen-bond donors (Lipinski definition) is 0. The molecule has 0 aliphatic carbocycles. The number of hydrogen-bond acceptors (Lipinski definition) is 2. The smallest absolute Gasteiger partial charge is 0.136 e. The molecule has 0 amide bonds. The summed E-state index contributed by atoms with van der Waals surface area (Å²) in [5.74, 6) is -0.671. The molecule has 20 heavy (non-hydrogen) atoms. The summed E-state index contributed by atoms with van der Waals surface area (Å²) in [5, 5.41) is 0. The van der Waals surface area contributed by atoms with Crippen molar-refractivity contribution in [1.29, 1.82) is 0 Å². The summed E-state index contributed by atoms with van der Waals surface area (Å²) in [4.78, 5) is 14.0. The van der Waals surface area contributed by atoms with Gasteiger partial charge >= 0.3 is 0 Å². The van der Waals surface area contributed by atoms with Gasteiger partial charge in [-0.25, -0.2) is 8.78 Å². The lowest BCUT2D eigenvalue weighted by atomic mass is 9.83. The summed E-state index contributed by atoms with van der Waals surface area (Å²) < 4.78 is 26.4.